The second-order valence-corrected chi connectivity index (χ2v) is 17.1. The first-order valence-corrected chi connectivity index (χ1v) is 19.1. The molecule has 1 aromatic heterocycles. The van der Waals surface area contributed by atoms with Crippen LogP contribution in [0.1, 0.15) is 131 Å². The number of carbonyl (C=O) groups is 2. The molecule has 0 saturated heterocycles. The Morgan fingerprint density at radius 1 is 0.827 bits per heavy atom. The van der Waals surface area contributed by atoms with Gasteiger partial charge in [-0.15, -0.1) is 0 Å². The van der Waals surface area contributed by atoms with Gasteiger partial charge >= 0.3 is 0 Å². The Morgan fingerprint density at radius 2 is 1.42 bits per heavy atom. The fourth-order valence-corrected chi connectivity index (χ4v) is 8.76. The Hall–Kier alpha value is -3.93. The van der Waals surface area contributed by atoms with E-state index in [1.165, 1.54) is 0 Å². The minimum Gasteiger partial charge on any atom is -0.349 e. The molecule has 3 aromatic rings. The maximum Gasteiger partial charge on any atom is 0.248 e. The number of aromatic nitrogens is 2. The van der Waals surface area contributed by atoms with E-state index in [1.807, 2.05) is 24.3 Å². The van der Waals surface area contributed by atoms with Gasteiger partial charge in [-0.25, -0.2) is 22.5 Å². The molecular formula is C43H47F4N3O2. The van der Waals surface area contributed by atoms with Crippen LogP contribution in [-0.2, 0) is 16.0 Å². The van der Waals surface area contributed by atoms with E-state index in [0.717, 1.165) is 70.4 Å². The normalized spacial score (nSPS) is 23.8. The number of alkyl halides is 4. The molecule has 0 aliphatic heterocycles. The Kier molecular flexibility index (Phi) is 8.70. The topological polar surface area (TPSA) is 74.8 Å². The number of hydrogen-bond donors (Lipinski definition) is 2. The van der Waals surface area contributed by atoms with Gasteiger partial charge in [0.05, 0.1) is 17.1 Å². The molecule has 2 aromatic carbocycles. The molecule has 0 spiro atoms. The highest BCUT2D eigenvalue weighted by Gasteiger charge is 2.50. The zero-order valence-electron chi connectivity index (χ0n) is 30.0. The minimum absolute atomic E-state index is 0.0162. The second kappa shape index (κ2) is 12.9. The highest BCUT2D eigenvalue weighted by Crippen LogP contribution is 2.57. The van der Waals surface area contributed by atoms with Gasteiger partial charge in [0, 0.05) is 61.0 Å². The van der Waals surface area contributed by atoms with E-state index in [0.29, 0.717) is 12.8 Å². The molecule has 2 N–H and O–H groups in total. The number of carbonyl (C=O) groups excluding carboxylic acids is 2. The smallest absolute Gasteiger partial charge is 0.248 e. The first-order valence-electron chi connectivity index (χ1n) is 19.1. The molecule has 274 valence electrons. The van der Waals surface area contributed by atoms with Crippen LogP contribution in [-0.4, -0.2) is 39.5 Å². The van der Waals surface area contributed by atoms with Gasteiger partial charge in [-0.3, -0.25) is 9.59 Å². The van der Waals surface area contributed by atoms with Gasteiger partial charge in [-0.05, 0) is 116 Å². The summed E-state index contributed by atoms with van der Waals surface area (Å²) in [6.07, 6.45) is 7.39. The summed E-state index contributed by atoms with van der Waals surface area (Å²) < 4.78 is 54.9. The molecule has 0 bridgehead atoms. The van der Waals surface area contributed by atoms with E-state index < -0.39 is 11.8 Å². The lowest BCUT2D eigenvalue weighted by Crippen LogP contribution is -2.46. The van der Waals surface area contributed by atoms with Crippen molar-refractivity contribution in [1.29, 1.82) is 0 Å². The zero-order chi connectivity index (χ0) is 36.5. The summed E-state index contributed by atoms with van der Waals surface area (Å²) in [5.74, 6) is 1.34. The van der Waals surface area contributed by atoms with Gasteiger partial charge in [-0.2, -0.15) is 0 Å². The van der Waals surface area contributed by atoms with Crippen molar-refractivity contribution >= 4 is 28.8 Å². The van der Waals surface area contributed by atoms with Crippen LogP contribution >= 0.6 is 0 Å². The number of Topliss-reactive ketones (excluding diaryl/α,β-unsaturated/α-hetero) is 1. The maximum absolute atomic E-state index is 13.7. The molecular weight excluding hydrogens is 666 g/mol. The summed E-state index contributed by atoms with van der Waals surface area (Å²) in [7, 11) is 0. The predicted molar refractivity (Wildman–Crippen MR) is 193 cm³/mol. The van der Waals surface area contributed by atoms with Crippen molar-refractivity contribution in [2.24, 2.45) is 22.7 Å². The number of benzene rings is 2. The van der Waals surface area contributed by atoms with Gasteiger partial charge in [0.2, 0.25) is 17.8 Å². The fraction of sp³-hybridized carbons (Fsp3) is 0.558. The number of fused-ring (bicyclic) bond motifs is 2. The lowest BCUT2D eigenvalue weighted by atomic mass is 9.78. The summed E-state index contributed by atoms with van der Waals surface area (Å²) in [6.45, 7) is 4.38. The molecule has 4 saturated carbocycles. The van der Waals surface area contributed by atoms with Crippen molar-refractivity contribution in [3.63, 3.8) is 0 Å². The SMILES string of the molecule is CC1([C@H](NC(=O)C2CCC(F)(F)CC2)C2=Cc3ccc(C#Cc4ccc5nc([C@@H](CC(=O)C6CCC(F)(F)CC6)C6(C)CC6)[nH]c5c4)cc3C2)CC1. The van der Waals surface area contributed by atoms with Crippen molar-refractivity contribution in [2.75, 3.05) is 0 Å². The summed E-state index contributed by atoms with van der Waals surface area (Å²) in [6, 6.07) is 12.0. The van der Waals surface area contributed by atoms with Gasteiger partial charge in [0.15, 0.2) is 0 Å². The van der Waals surface area contributed by atoms with E-state index >= 15 is 0 Å². The van der Waals surface area contributed by atoms with Gasteiger partial charge in [0.25, 0.3) is 0 Å². The van der Waals surface area contributed by atoms with Crippen LogP contribution in [0, 0.1) is 34.5 Å². The second-order valence-electron chi connectivity index (χ2n) is 17.1. The predicted octanol–water partition coefficient (Wildman–Crippen LogP) is 9.68. The first-order chi connectivity index (χ1) is 24.7. The summed E-state index contributed by atoms with van der Waals surface area (Å²) in [5.41, 5.74) is 6.79. The number of amides is 1. The molecule has 9 heteroatoms. The highest BCUT2D eigenvalue weighted by atomic mass is 19.3. The van der Waals surface area contributed by atoms with Crippen molar-refractivity contribution in [2.45, 2.75) is 128 Å². The largest absolute Gasteiger partial charge is 0.349 e. The van der Waals surface area contributed by atoms with Gasteiger partial charge in [0.1, 0.15) is 11.6 Å². The number of aromatic amines is 1. The maximum atomic E-state index is 13.7. The number of halogens is 4. The molecule has 1 amide bonds. The number of nitrogens with zero attached hydrogens (tertiary/aromatic N) is 1. The van der Waals surface area contributed by atoms with Crippen LogP contribution in [0.3, 0.4) is 0 Å². The van der Waals surface area contributed by atoms with Gasteiger partial charge in [-0.1, -0.05) is 37.8 Å². The number of H-pyrrole nitrogens is 1. The highest BCUT2D eigenvalue weighted by molar-refractivity contribution is 5.83. The number of rotatable bonds is 9. The van der Waals surface area contributed by atoms with Crippen molar-refractivity contribution in [3.8, 4) is 11.8 Å². The fourth-order valence-electron chi connectivity index (χ4n) is 8.76. The van der Waals surface area contributed by atoms with Crippen LogP contribution in [0.25, 0.3) is 17.1 Å². The van der Waals surface area contributed by atoms with Crippen molar-refractivity contribution < 1.29 is 27.2 Å². The summed E-state index contributed by atoms with van der Waals surface area (Å²) >= 11 is 0. The zero-order valence-corrected chi connectivity index (χ0v) is 30.0. The number of nitrogens with one attached hydrogen (secondary N) is 2. The Bertz CT molecular complexity index is 1990. The van der Waals surface area contributed by atoms with Gasteiger partial charge < -0.3 is 10.3 Å². The van der Waals surface area contributed by atoms with Crippen molar-refractivity contribution in [1.82, 2.24) is 15.3 Å². The molecule has 4 fully saturated rings. The third kappa shape index (κ3) is 7.32. The van der Waals surface area contributed by atoms with E-state index in [2.05, 4.69) is 54.2 Å². The molecule has 5 nitrogen and oxygen atoms in total. The molecule has 2 atom stereocenters. The molecule has 5 aliphatic rings. The minimum atomic E-state index is -2.66. The quantitative estimate of drug-likeness (QED) is 0.171. The molecule has 52 heavy (non-hydrogen) atoms. The summed E-state index contributed by atoms with van der Waals surface area (Å²) in [5, 5.41) is 3.29. The average molecular weight is 714 g/mol. The third-order valence-corrected chi connectivity index (χ3v) is 13.0. The third-order valence-electron chi connectivity index (χ3n) is 13.0. The molecule has 1 heterocycles. The van der Waals surface area contributed by atoms with E-state index in [9.17, 15) is 27.2 Å². The van der Waals surface area contributed by atoms with Crippen LogP contribution in [0.2, 0.25) is 0 Å². The van der Waals surface area contributed by atoms with E-state index in [4.69, 9.17) is 4.98 Å². The lowest BCUT2D eigenvalue weighted by molar-refractivity contribution is -0.130. The monoisotopic (exact) mass is 713 g/mol. The Morgan fingerprint density at radius 3 is 2.06 bits per heavy atom. The average Bonchev–Trinajstić information content (AvgIpc) is 3.93. The Labute approximate surface area is 302 Å². The van der Waals surface area contributed by atoms with E-state index in [-0.39, 0.29) is 97.7 Å². The Balaban J connectivity index is 0.940. The first kappa shape index (κ1) is 35.1. The van der Waals surface area contributed by atoms with Crippen LogP contribution in [0.5, 0.6) is 0 Å². The molecule has 5 aliphatic carbocycles. The van der Waals surface area contributed by atoms with Crippen LogP contribution < -0.4 is 5.32 Å². The molecule has 8 rings (SSSR count). The number of imidazole rings is 1. The molecule has 0 unspecified atom stereocenters. The van der Waals surface area contributed by atoms with Crippen molar-refractivity contribution in [3.05, 3.63) is 70.0 Å². The standard InChI is InChI=1S/C43H47F4N3O2/c1-40(17-18-40)33(25-36(51)28-9-13-42(44,45)14-10-28)38-48-34-8-6-27(22-35(34)49-38)4-3-26-5-7-30-23-32(24-31(30)21-26)37(41(2)19-20-41)50-39(52)29-11-15-43(46,47)16-12-29/h5-8,21-23,28-29,33,37H,9-20,24-25H2,1-2H3,(H,48,49)(H,50,52)/t33-,37-/m1/s1. The number of ketones is 1. The summed E-state index contributed by atoms with van der Waals surface area (Å²) in [4.78, 5) is 34.9. The molecule has 0 radical (unpaired) electrons. The van der Waals surface area contributed by atoms with Crippen LogP contribution in [0.15, 0.2) is 42.0 Å². The lowest BCUT2D eigenvalue weighted by Gasteiger charge is -2.31. The van der Waals surface area contributed by atoms with Crippen LogP contribution in [0.4, 0.5) is 17.6 Å². The number of hydrogen-bond acceptors (Lipinski definition) is 3. The van der Waals surface area contributed by atoms with E-state index in [1.54, 1.807) is 0 Å².